The van der Waals surface area contributed by atoms with Crippen LogP contribution in [0.15, 0.2) is 59.0 Å². The molecule has 3 N–H and O–H groups in total. The fraction of sp³-hybridized carbons (Fsp3) is 0.0556. The second kappa shape index (κ2) is 6.18. The van der Waals surface area contributed by atoms with E-state index in [1.54, 1.807) is 36.4 Å². The highest BCUT2D eigenvalue weighted by Gasteiger charge is 2.13. The number of carbonyl (C=O) groups is 1. The first-order chi connectivity index (χ1) is 11.0. The van der Waals surface area contributed by atoms with Gasteiger partial charge < -0.3 is 15.5 Å². The van der Waals surface area contributed by atoms with Crippen LogP contribution in [0.3, 0.4) is 0 Å². The third-order valence-corrected chi connectivity index (χ3v) is 3.84. The summed E-state index contributed by atoms with van der Waals surface area (Å²) in [5, 5.41) is 3.40. The molecule has 0 aliphatic rings. The molecule has 1 heterocycles. The van der Waals surface area contributed by atoms with Gasteiger partial charge in [0.2, 0.25) is 0 Å². The van der Waals surface area contributed by atoms with Crippen LogP contribution in [0.25, 0.3) is 11.3 Å². The van der Waals surface area contributed by atoms with Crippen molar-refractivity contribution in [1.29, 1.82) is 0 Å². The van der Waals surface area contributed by atoms with Crippen molar-refractivity contribution >= 4 is 28.9 Å². The molecule has 1 aromatic heterocycles. The minimum absolute atomic E-state index is 0.221. The number of halogens is 1. The zero-order valence-electron chi connectivity index (χ0n) is 12.5. The minimum Gasteiger partial charge on any atom is -0.451 e. The molecule has 1 amide bonds. The third-order valence-electron chi connectivity index (χ3n) is 3.43. The summed E-state index contributed by atoms with van der Waals surface area (Å²) in [5.74, 6) is 0.476. The lowest BCUT2D eigenvalue weighted by molar-refractivity contribution is 0.0997. The zero-order chi connectivity index (χ0) is 16.4. The van der Waals surface area contributed by atoms with E-state index in [2.05, 4.69) is 5.32 Å². The lowest BCUT2D eigenvalue weighted by Gasteiger charge is -2.04. The van der Waals surface area contributed by atoms with Gasteiger partial charge in [0, 0.05) is 22.0 Å². The first-order valence-corrected chi connectivity index (χ1v) is 7.44. The van der Waals surface area contributed by atoms with Gasteiger partial charge in [-0.2, -0.15) is 0 Å². The largest absolute Gasteiger partial charge is 0.451 e. The highest BCUT2D eigenvalue weighted by Crippen LogP contribution is 2.27. The van der Waals surface area contributed by atoms with Gasteiger partial charge in [-0.1, -0.05) is 29.8 Å². The van der Waals surface area contributed by atoms with E-state index in [0.717, 1.165) is 11.1 Å². The summed E-state index contributed by atoms with van der Waals surface area (Å²) in [4.78, 5) is 12.2. The zero-order valence-corrected chi connectivity index (χ0v) is 13.2. The molecule has 0 bridgehead atoms. The van der Waals surface area contributed by atoms with Gasteiger partial charge in [-0.25, -0.2) is 0 Å². The fourth-order valence-electron chi connectivity index (χ4n) is 2.17. The average Bonchev–Trinajstić information content (AvgIpc) is 3.00. The molecule has 116 valence electrons. The molecule has 0 spiro atoms. The fourth-order valence-corrected chi connectivity index (χ4v) is 2.35. The highest BCUT2D eigenvalue weighted by atomic mass is 35.5. The monoisotopic (exact) mass is 326 g/mol. The Bertz CT molecular complexity index is 871. The Morgan fingerprint density at radius 1 is 1.13 bits per heavy atom. The predicted octanol–water partition coefficient (Wildman–Crippen LogP) is 4.74. The Kier molecular flexibility index (Phi) is 4.08. The standard InChI is InChI=1S/C18H15ClN2O2/c1-11-5-6-12(9-15(11)19)16-7-8-17(23-16)18(22)21-14-4-2-3-13(20)10-14/h2-10H,20H2,1H3,(H,21,22). The maximum Gasteiger partial charge on any atom is 0.291 e. The van der Waals surface area contributed by atoms with E-state index in [1.807, 2.05) is 25.1 Å². The molecule has 0 saturated heterocycles. The smallest absolute Gasteiger partial charge is 0.291 e. The summed E-state index contributed by atoms with van der Waals surface area (Å²) in [6.07, 6.45) is 0. The first-order valence-electron chi connectivity index (χ1n) is 7.06. The molecule has 0 atom stereocenters. The van der Waals surface area contributed by atoms with E-state index >= 15 is 0 Å². The van der Waals surface area contributed by atoms with Crippen LogP contribution >= 0.6 is 11.6 Å². The van der Waals surface area contributed by atoms with E-state index in [4.69, 9.17) is 21.8 Å². The second-order valence-corrected chi connectivity index (χ2v) is 5.61. The van der Waals surface area contributed by atoms with Crippen LogP contribution in [0, 0.1) is 6.92 Å². The summed E-state index contributed by atoms with van der Waals surface area (Å²) >= 11 is 6.12. The number of aryl methyl sites for hydroxylation is 1. The molecule has 0 unspecified atom stereocenters. The van der Waals surface area contributed by atoms with Crippen LogP contribution in [0.1, 0.15) is 16.1 Å². The number of hydrogen-bond donors (Lipinski definition) is 2. The molecule has 3 rings (SSSR count). The summed E-state index contributed by atoms with van der Waals surface area (Å²) in [7, 11) is 0. The summed E-state index contributed by atoms with van der Waals surface area (Å²) < 4.78 is 5.63. The molecule has 3 aromatic rings. The van der Waals surface area contributed by atoms with Gasteiger partial charge in [0.1, 0.15) is 5.76 Å². The van der Waals surface area contributed by atoms with Gasteiger partial charge in [-0.05, 0) is 48.9 Å². The van der Waals surface area contributed by atoms with Crippen molar-refractivity contribution in [3.05, 3.63) is 70.9 Å². The molecule has 0 fully saturated rings. The Hall–Kier alpha value is -2.72. The van der Waals surface area contributed by atoms with Crippen LogP contribution in [0.2, 0.25) is 5.02 Å². The van der Waals surface area contributed by atoms with Crippen LogP contribution in [0.4, 0.5) is 11.4 Å². The van der Waals surface area contributed by atoms with Crippen LogP contribution in [-0.4, -0.2) is 5.91 Å². The van der Waals surface area contributed by atoms with Gasteiger partial charge in [-0.15, -0.1) is 0 Å². The molecule has 0 saturated carbocycles. The molecule has 0 aliphatic carbocycles. The lowest BCUT2D eigenvalue weighted by atomic mass is 10.1. The Labute approximate surface area is 138 Å². The molecule has 2 aromatic carbocycles. The second-order valence-electron chi connectivity index (χ2n) is 5.21. The lowest BCUT2D eigenvalue weighted by Crippen LogP contribution is -2.10. The summed E-state index contributed by atoms with van der Waals surface area (Å²) in [6, 6.07) is 16.0. The molecule has 23 heavy (non-hydrogen) atoms. The molecule has 0 radical (unpaired) electrons. The van der Waals surface area contributed by atoms with Crippen molar-refractivity contribution < 1.29 is 9.21 Å². The quantitative estimate of drug-likeness (QED) is 0.683. The van der Waals surface area contributed by atoms with Crippen LogP contribution in [-0.2, 0) is 0 Å². The number of nitrogen functional groups attached to an aromatic ring is 1. The normalized spacial score (nSPS) is 10.5. The van der Waals surface area contributed by atoms with Crippen molar-refractivity contribution in [2.75, 3.05) is 11.1 Å². The van der Waals surface area contributed by atoms with Crippen molar-refractivity contribution in [1.82, 2.24) is 0 Å². The van der Waals surface area contributed by atoms with Crippen molar-refractivity contribution in [2.45, 2.75) is 6.92 Å². The van der Waals surface area contributed by atoms with E-state index in [-0.39, 0.29) is 11.7 Å². The van der Waals surface area contributed by atoms with Gasteiger partial charge >= 0.3 is 0 Å². The van der Waals surface area contributed by atoms with Crippen molar-refractivity contribution in [3.63, 3.8) is 0 Å². The Morgan fingerprint density at radius 3 is 2.70 bits per heavy atom. The van der Waals surface area contributed by atoms with Crippen LogP contribution < -0.4 is 11.1 Å². The molecule has 0 aliphatic heterocycles. The number of amides is 1. The Morgan fingerprint density at radius 2 is 1.96 bits per heavy atom. The number of carbonyl (C=O) groups excluding carboxylic acids is 1. The Balaban J connectivity index is 1.81. The van der Waals surface area contributed by atoms with E-state index in [9.17, 15) is 4.79 Å². The number of anilines is 2. The van der Waals surface area contributed by atoms with Gasteiger partial charge in [0.25, 0.3) is 5.91 Å². The SMILES string of the molecule is Cc1ccc(-c2ccc(C(=O)Nc3cccc(N)c3)o2)cc1Cl. The summed E-state index contributed by atoms with van der Waals surface area (Å²) in [6.45, 7) is 1.93. The van der Waals surface area contributed by atoms with E-state index in [1.165, 1.54) is 0 Å². The summed E-state index contributed by atoms with van der Waals surface area (Å²) in [5.41, 5.74) is 8.70. The number of rotatable bonds is 3. The van der Waals surface area contributed by atoms with Gasteiger partial charge in [-0.3, -0.25) is 4.79 Å². The topological polar surface area (TPSA) is 68.3 Å². The third kappa shape index (κ3) is 3.38. The molecule has 5 heteroatoms. The molecule has 4 nitrogen and oxygen atoms in total. The predicted molar refractivity (Wildman–Crippen MR) is 92.7 cm³/mol. The van der Waals surface area contributed by atoms with Gasteiger partial charge in [0.05, 0.1) is 0 Å². The first kappa shape index (κ1) is 15.2. The van der Waals surface area contributed by atoms with E-state index < -0.39 is 0 Å². The van der Waals surface area contributed by atoms with Gasteiger partial charge in [0.15, 0.2) is 5.76 Å². The minimum atomic E-state index is -0.333. The highest BCUT2D eigenvalue weighted by molar-refractivity contribution is 6.31. The van der Waals surface area contributed by atoms with Crippen molar-refractivity contribution in [3.8, 4) is 11.3 Å². The average molecular weight is 327 g/mol. The number of nitrogens with two attached hydrogens (primary N) is 1. The number of nitrogens with one attached hydrogen (secondary N) is 1. The molecular weight excluding hydrogens is 312 g/mol. The molecular formula is C18H15ClN2O2. The van der Waals surface area contributed by atoms with E-state index in [0.29, 0.717) is 22.2 Å². The maximum atomic E-state index is 12.2. The number of furan rings is 1. The number of benzene rings is 2. The van der Waals surface area contributed by atoms with Crippen molar-refractivity contribution in [2.24, 2.45) is 0 Å². The maximum absolute atomic E-state index is 12.2. The number of hydrogen-bond acceptors (Lipinski definition) is 3. The van der Waals surface area contributed by atoms with Crippen LogP contribution in [0.5, 0.6) is 0 Å².